The van der Waals surface area contributed by atoms with Crippen molar-refractivity contribution in [3.63, 3.8) is 0 Å². The molecule has 7 heteroatoms. The van der Waals surface area contributed by atoms with Gasteiger partial charge in [-0.25, -0.2) is 0 Å². The Hall–Kier alpha value is -2.28. The average molecular weight is 372 g/mol. The predicted molar refractivity (Wildman–Crippen MR) is 104 cm³/mol. The molecule has 138 valence electrons. The van der Waals surface area contributed by atoms with Crippen LogP contribution in [0.4, 0.5) is 10.8 Å². The van der Waals surface area contributed by atoms with E-state index in [2.05, 4.69) is 15.5 Å². The summed E-state index contributed by atoms with van der Waals surface area (Å²) in [7, 11) is 0. The molecule has 3 rings (SSSR count). The zero-order valence-electron chi connectivity index (χ0n) is 15.4. The number of aryl methyl sites for hydroxylation is 1. The lowest BCUT2D eigenvalue weighted by Crippen LogP contribution is -2.25. The minimum atomic E-state index is -0.0123. The van der Waals surface area contributed by atoms with Gasteiger partial charge in [-0.05, 0) is 31.4 Å². The average Bonchev–Trinajstić information content (AvgIpc) is 3.23. The van der Waals surface area contributed by atoms with Gasteiger partial charge in [0.25, 0.3) is 0 Å². The first-order valence-corrected chi connectivity index (χ1v) is 9.85. The predicted octanol–water partition coefficient (Wildman–Crippen LogP) is 3.74. The maximum Gasteiger partial charge on any atom is 0.229 e. The summed E-state index contributed by atoms with van der Waals surface area (Å²) in [5.41, 5.74) is 2.03. The van der Waals surface area contributed by atoms with Crippen molar-refractivity contribution >= 4 is 34.0 Å². The fraction of sp³-hybridized carbons (Fsp3) is 0.474. The van der Waals surface area contributed by atoms with Crippen LogP contribution in [-0.4, -0.2) is 28.6 Å². The van der Waals surface area contributed by atoms with Gasteiger partial charge in [0.05, 0.1) is 0 Å². The third-order valence-electron chi connectivity index (χ3n) is 4.91. The van der Waals surface area contributed by atoms with E-state index in [-0.39, 0.29) is 23.7 Å². The van der Waals surface area contributed by atoms with Gasteiger partial charge >= 0.3 is 0 Å². The molecule has 0 radical (unpaired) electrons. The van der Waals surface area contributed by atoms with E-state index in [1.165, 1.54) is 11.3 Å². The first-order chi connectivity index (χ1) is 12.5. The second kappa shape index (κ2) is 7.95. The van der Waals surface area contributed by atoms with Crippen LogP contribution in [-0.2, 0) is 9.59 Å². The Kier molecular flexibility index (Phi) is 5.66. The molecule has 1 aromatic carbocycles. The van der Waals surface area contributed by atoms with E-state index < -0.39 is 0 Å². The van der Waals surface area contributed by atoms with E-state index in [1.807, 2.05) is 49.9 Å². The number of carbonyl (C=O) groups is 2. The third kappa shape index (κ3) is 3.77. The van der Waals surface area contributed by atoms with Crippen LogP contribution in [0.15, 0.2) is 24.3 Å². The first-order valence-electron chi connectivity index (χ1n) is 9.03. The molecule has 1 atom stereocenters. The highest BCUT2D eigenvalue weighted by molar-refractivity contribution is 7.15. The van der Waals surface area contributed by atoms with Crippen LogP contribution < -0.4 is 10.2 Å². The highest BCUT2D eigenvalue weighted by Crippen LogP contribution is 2.35. The number of aromatic nitrogens is 2. The number of para-hydroxylation sites is 1. The van der Waals surface area contributed by atoms with Crippen LogP contribution in [0.3, 0.4) is 0 Å². The molecule has 2 heterocycles. The van der Waals surface area contributed by atoms with Crippen molar-refractivity contribution in [1.29, 1.82) is 0 Å². The lowest BCUT2D eigenvalue weighted by atomic mass is 10.0. The minimum absolute atomic E-state index is 0.00745. The maximum absolute atomic E-state index is 12.5. The molecule has 0 saturated carbocycles. The van der Waals surface area contributed by atoms with Crippen LogP contribution >= 0.6 is 11.3 Å². The Balaban J connectivity index is 1.70. The Morgan fingerprint density at radius 1 is 1.31 bits per heavy atom. The van der Waals surface area contributed by atoms with Crippen molar-refractivity contribution in [3.8, 4) is 0 Å². The molecule has 26 heavy (non-hydrogen) atoms. The van der Waals surface area contributed by atoms with Gasteiger partial charge in [0.15, 0.2) is 0 Å². The van der Waals surface area contributed by atoms with Gasteiger partial charge in [-0.2, -0.15) is 0 Å². The van der Waals surface area contributed by atoms with Crippen LogP contribution in [0, 0.1) is 12.8 Å². The molecule has 6 nitrogen and oxygen atoms in total. The normalized spacial score (nSPS) is 17.2. The molecule has 1 fully saturated rings. The van der Waals surface area contributed by atoms with Crippen molar-refractivity contribution in [1.82, 2.24) is 10.2 Å². The summed E-state index contributed by atoms with van der Waals surface area (Å²) in [6, 6.07) is 7.89. The number of hydrogen-bond acceptors (Lipinski definition) is 5. The maximum atomic E-state index is 12.5. The summed E-state index contributed by atoms with van der Waals surface area (Å²) in [6.45, 7) is 6.61. The van der Waals surface area contributed by atoms with Gasteiger partial charge in [0.1, 0.15) is 5.01 Å². The largest absolute Gasteiger partial charge is 0.311 e. The molecule has 0 unspecified atom stereocenters. The Morgan fingerprint density at radius 2 is 2.04 bits per heavy atom. The summed E-state index contributed by atoms with van der Waals surface area (Å²) in [6.07, 6.45) is 2.02. The molecule has 2 aromatic rings. The number of amides is 2. The monoisotopic (exact) mass is 372 g/mol. The number of anilines is 2. The summed E-state index contributed by atoms with van der Waals surface area (Å²) in [5.74, 6) is 0.0919. The second-order valence-electron chi connectivity index (χ2n) is 6.64. The second-order valence-corrected chi connectivity index (χ2v) is 7.65. The highest BCUT2D eigenvalue weighted by atomic mass is 32.1. The molecule has 1 aliphatic rings. The molecule has 0 bridgehead atoms. The summed E-state index contributed by atoms with van der Waals surface area (Å²) < 4.78 is 0. The standard InChI is InChI=1S/C19H24N4O2S/c1-4-13(5-2)17(25)20-19-22-21-18(26-19)14-10-16(24)23(11-14)15-9-7-6-8-12(15)3/h6-9,13-14H,4-5,10-11H2,1-3H3,(H,20,22,25)/t14-/m0/s1. The smallest absolute Gasteiger partial charge is 0.229 e. The fourth-order valence-corrected chi connectivity index (χ4v) is 4.13. The fourth-order valence-electron chi connectivity index (χ4n) is 3.29. The number of carbonyl (C=O) groups excluding carboxylic acids is 2. The number of nitrogens with zero attached hydrogens (tertiary/aromatic N) is 3. The molecule has 1 aromatic heterocycles. The molecule has 1 aliphatic heterocycles. The van der Waals surface area contributed by atoms with E-state index in [0.717, 1.165) is 29.1 Å². The Bertz CT molecular complexity index is 800. The van der Waals surface area contributed by atoms with E-state index in [4.69, 9.17) is 0 Å². The van der Waals surface area contributed by atoms with Gasteiger partial charge in [0, 0.05) is 30.5 Å². The minimum Gasteiger partial charge on any atom is -0.311 e. The van der Waals surface area contributed by atoms with Crippen LogP contribution in [0.1, 0.15) is 49.6 Å². The van der Waals surface area contributed by atoms with Crippen molar-refractivity contribution in [3.05, 3.63) is 34.8 Å². The first kappa shape index (κ1) is 18.5. The molecule has 1 N–H and O–H groups in total. The molecule has 0 spiro atoms. The lowest BCUT2D eigenvalue weighted by Gasteiger charge is -2.18. The molecular formula is C19H24N4O2S. The quantitative estimate of drug-likeness (QED) is 0.838. The molecular weight excluding hydrogens is 348 g/mol. The van der Waals surface area contributed by atoms with E-state index in [9.17, 15) is 9.59 Å². The van der Waals surface area contributed by atoms with Crippen molar-refractivity contribution in [2.45, 2.75) is 46.0 Å². The van der Waals surface area contributed by atoms with E-state index >= 15 is 0 Å². The summed E-state index contributed by atoms with van der Waals surface area (Å²) in [5, 5.41) is 12.5. The summed E-state index contributed by atoms with van der Waals surface area (Å²) in [4.78, 5) is 26.5. The zero-order valence-corrected chi connectivity index (χ0v) is 16.2. The lowest BCUT2D eigenvalue weighted by molar-refractivity contribution is -0.120. The van der Waals surface area contributed by atoms with Crippen LogP contribution in [0.25, 0.3) is 0 Å². The van der Waals surface area contributed by atoms with E-state index in [1.54, 1.807) is 0 Å². The van der Waals surface area contributed by atoms with Gasteiger partial charge in [-0.3, -0.25) is 9.59 Å². The Labute approximate surface area is 157 Å². The van der Waals surface area contributed by atoms with Gasteiger partial charge in [0.2, 0.25) is 16.9 Å². The number of rotatable bonds is 6. The van der Waals surface area contributed by atoms with Gasteiger partial charge < -0.3 is 10.2 Å². The SMILES string of the molecule is CCC(CC)C(=O)Nc1nnc([C@H]2CC(=O)N(c3ccccc3C)C2)s1. The van der Waals surface area contributed by atoms with Crippen molar-refractivity contribution in [2.24, 2.45) is 5.92 Å². The topological polar surface area (TPSA) is 75.2 Å². The van der Waals surface area contributed by atoms with Crippen LogP contribution in [0.2, 0.25) is 0 Å². The van der Waals surface area contributed by atoms with E-state index in [0.29, 0.717) is 18.1 Å². The molecule has 0 aliphatic carbocycles. The number of hydrogen-bond donors (Lipinski definition) is 1. The van der Waals surface area contributed by atoms with Gasteiger partial charge in [-0.15, -0.1) is 10.2 Å². The zero-order chi connectivity index (χ0) is 18.7. The number of nitrogens with one attached hydrogen (secondary N) is 1. The van der Waals surface area contributed by atoms with Crippen molar-refractivity contribution < 1.29 is 9.59 Å². The molecule has 1 saturated heterocycles. The number of benzene rings is 1. The summed E-state index contributed by atoms with van der Waals surface area (Å²) >= 11 is 1.37. The highest BCUT2D eigenvalue weighted by Gasteiger charge is 2.34. The molecule has 2 amide bonds. The van der Waals surface area contributed by atoms with Crippen LogP contribution in [0.5, 0.6) is 0 Å². The Morgan fingerprint density at radius 3 is 2.73 bits per heavy atom. The van der Waals surface area contributed by atoms with Crippen molar-refractivity contribution in [2.75, 3.05) is 16.8 Å². The van der Waals surface area contributed by atoms with Gasteiger partial charge in [-0.1, -0.05) is 43.4 Å². The third-order valence-corrected chi connectivity index (χ3v) is 5.91.